The molecule has 0 aromatic rings. The number of nitrogens with zero attached hydrogens (tertiary/aromatic N) is 2. The number of carboxylic acid groups (broad SMARTS) is 1. The molecule has 1 heterocycles. The van der Waals surface area contributed by atoms with Gasteiger partial charge in [0.2, 0.25) is 11.8 Å². The van der Waals surface area contributed by atoms with Crippen molar-refractivity contribution in [2.45, 2.75) is 77.9 Å². The van der Waals surface area contributed by atoms with Gasteiger partial charge in [-0.15, -0.1) is 0 Å². The number of hydrogen-bond acceptors (Lipinski definition) is 4. The Labute approximate surface area is 162 Å². The van der Waals surface area contributed by atoms with E-state index in [4.69, 9.17) is 5.11 Å². The van der Waals surface area contributed by atoms with E-state index in [2.05, 4.69) is 24.1 Å². The third-order valence-electron chi connectivity index (χ3n) is 5.41. The van der Waals surface area contributed by atoms with E-state index in [1.165, 1.54) is 17.9 Å². The normalized spacial score (nSPS) is 20.6. The highest BCUT2D eigenvalue weighted by Crippen LogP contribution is 2.21. The van der Waals surface area contributed by atoms with Gasteiger partial charge in [0.25, 0.3) is 0 Å². The number of carbonyl (C=O) groups excluding carboxylic acids is 2. The molecular weight excluding hydrogens is 346 g/mol. The predicted molar refractivity (Wildman–Crippen MR) is 105 cm³/mol. The molecule has 0 bridgehead atoms. The number of hydrogen-bond donors (Lipinski definition) is 2. The average Bonchev–Trinajstić information content (AvgIpc) is 2.68. The van der Waals surface area contributed by atoms with Gasteiger partial charge in [0, 0.05) is 25.2 Å². The molecule has 1 saturated heterocycles. The van der Waals surface area contributed by atoms with Crippen LogP contribution in [0.4, 0.5) is 0 Å². The first-order valence-corrected chi connectivity index (χ1v) is 9.93. The van der Waals surface area contributed by atoms with Crippen molar-refractivity contribution in [2.75, 3.05) is 20.1 Å². The lowest BCUT2D eigenvalue weighted by Gasteiger charge is -2.39. The number of amides is 2. The van der Waals surface area contributed by atoms with Gasteiger partial charge in [-0.3, -0.25) is 14.5 Å². The molecule has 1 fully saturated rings. The van der Waals surface area contributed by atoms with Crippen LogP contribution in [0.25, 0.3) is 0 Å². The summed E-state index contributed by atoms with van der Waals surface area (Å²) in [5.74, 6) is -1.29. The van der Waals surface area contributed by atoms with Crippen molar-refractivity contribution in [1.29, 1.82) is 0 Å². The van der Waals surface area contributed by atoms with E-state index in [-0.39, 0.29) is 30.0 Å². The summed E-state index contributed by atoms with van der Waals surface area (Å²) >= 11 is 0. The number of nitrogens with one attached hydrogen (secondary N) is 1. The van der Waals surface area contributed by atoms with Gasteiger partial charge < -0.3 is 15.3 Å². The van der Waals surface area contributed by atoms with Crippen LogP contribution in [0.3, 0.4) is 0 Å². The summed E-state index contributed by atoms with van der Waals surface area (Å²) in [6, 6.07) is -0.444. The van der Waals surface area contributed by atoms with E-state index in [1.54, 1.807) is 7.05 Å². The lowest BCUT2D eigenvalue weighted by atomic mass is 9.98. The quantitative estimate of drug-likeness (QED) is 0.597. The van der Waals surface area contributed by atoms with Crippen molar-refractivity contribution in [3.05, 3.63) is 11.6 Å². The van der Waals surface area contributed by atoms with Gasteiger partial charge >= 0.3 is 5.97 Å². The summed E-state index contributed by atoms with van der Waals surface area (Å²) in [6.07, 6.45) is 5.92. The smallest absolute Gasteiger partial charge is 0.331 e. The summed E-state index contributed by atoms with van der Waals surface area (Å²) in [7, 11) is 1.62. The molecule has 7 nitrogen and oxygen atoms in total. The number of carbonyl (C=O) groups is 3. The standard InChI is InChI=1S/C20H35N3O4/c1-6-15(4)23-12-9-8-10-17(23)18(24)21-16(7-2)19(25)22(5)13-11-14(3)20(26)27/h11,15-17H,6-10,12-13H2,1-5H3,(H,21,24)(H,26,27)/b14-11+/t15?,16?,17-/m1/s1. The third-order valence-corrected chi connectivity index (χ3v) is 5.41. The summed E-state index contributed by atoms with van der Waals surface area (Å²) in [6.45, 7) is 8.73. The van der Waals surface area contributed by atoms with Crippen LogP contribution in [0.2, 0.25) is 0 Å². The molecule has 0 aromatic carbocycles. The number of rotatable bonds is 9. The maximum absolute atomic E-state index is 12.9. The third kappa shape index (κ3) is 6.65. The van der Waals surface area contributed by atoms with Crippen LogP contribution in [-0.4, -0.2) is 71.0 Å². The number of aliphatic carboxylic acids is 1. The zero-order valence-corrected chi connectivity index (χ0v) is 17.3. The second-order valence-electron chi connectivity index (χ2n) is 7.39. The minimum absolute atomic E-state index is 0.0825. The van der Waals surface area contributed by atoms with E-state index < -0.39 is 12.0 Å². The molecular formula is C20H35N3O4. The molecule has 1 aliphatic heterocycles. The van der Waals surface area contributed by atoms with E-state index in [9.17, 15) is 14.4 Å². The van der Waals surface area contributed by atoms with Crippen molar-refractivity contribution in [2.24, 2.45) is 0 Å². The van der Waals surface area contributed by atoms with Crippen LogP contribution in [-0.2, 0) is 14.4 Å². The molecule has 1 aliphatic rings. The lowest BCUT2D eigenvalue weighted by Crippen LogP contribution is -2.56. The molecule has 0 aromatic heterocycles. The minimum Gasteiger partial charge on any atom is -0.478 e. The molecule has 27 heavy (non-hydrogen) atoms. The van der Waals surface area contributed by atoms with E-state index in [1.807, 2.05) is 6.92 Å². The molecule has 3 atom stereocenters. The lowest BCUT2D eigenvalue weighted by molar-refractivity contribution is -0.137. The zero-order chi connectivity index (χ0) is 20.6. The second-order valence-corrected chi connectivity index (χ2v) is 7.39. The molecule has 0 saturated carbocycles. The highest BCUT2D eigenvalue weighted by Gasteiger charge is 2.33. The summed E-state index contributed by atoms with van der Waals surface area (Å²) in [5, 5.41) is 11.8. The van der Waals surface area contributed by atoms with Crippen LogP contribution in [0.1, 0.15) is 59.8 Å². The summed E-state index contributed by atoms with van der Waals surface area (Å²) in [5.41, 5.74) is 0.193. The van der Waals surface area contributed by atoms with Gasteiger partial charge in [-0.25, -0.2) is 4.79 Å². The summed E-state index contributed by atoms with van der Waals surface area (Å²) < 4.78 is 0. The molecule has 0 spiro atoms. The van der Waals surface area contributed by atoms with Gasteiger partial charge in [0.1, 0.15) is 6.04 Å². The topological polar surface area (TPSA) is 90.0 Å². The molecule has 1 rings (SSSR count). The molecule has 0 aliphatic carbocycles. The Morgan fingerprint density at radius 3 is 2.48 bits per heavy atom. The maximum Gasteiger partial charge on any atom is 0.331 e. The Bertz CT molecular complexity index is 561. The molecule has 7 heteroatoms. The largest absolute Gasteiger partial charge is 0.478 e. The van der Waals surface area contributed by atoms with Crippen molar-refractivity contribution >= 4 is 17.8 Å². The molecule has 2 amide bonds. The maximum atomic E-state index is 12.9. The fourth-order valence-electron chi connectivity index (χ4n) is 3.32. The van der Waals surface area contributed by atoms with Gasteiger partial charge in [-0.2, -0.15) is 0 Å². The Balaban J connectivity index is 2.74. The van der Waals surface area contributed by atoms with Crippen LogP contribution >= 0.6 is 0 Å². The Kier molecular flexibility index (Phi) is 9.49. The number of likely N-dealkylation sites (tertiary alicyclic amines) is 1. The number of carboxylic acids is 1. The zero-order valence-electron chi connectivity index (χ0n) is 17.3. The Hall–Kier alpha value is -1.89. The molecule has 2 unspecified atom stereocenters. The highest BCUT2D eigenvalue weighted by molar-refractivity contribution is 5.90. The molecule has 2 N–H and O–H groups in total. The van der Waals surface area contributed by atoms with Crippen molar-refractivity contribution in [3.8, 4) is 0 Å². The van der Waals surface area contributed by atoms with Crippen LogP contribution < -0.4 is 5.32 Å². The van der Waals surface area contributed by atoms with Gasteiger partial charge in [0.15, 0.2) is 0 Å². The van der Waals surface area contributed by atoms with Crippen LogP contribution in [0.5, 0.6) is 0 Å². The minimum atomic E-state index is -1.00. The first kappa shape index (κ1) is 23.1. The number of likely N-dealkylation sites (N-methyl/N-ethyl adjacent to an activating group) is 1. The van der Waals surface area contributed by atoms with E-state index in [0.29, 0.717) is 12.5 Å². The van der Waals surface area contributed by atoms with Crippen molar-refractivity contribution < 1.29 is 19.5 Å². The summed E-state index contributed by atoms with van der Waals surface area (Å²) in [4.78, 5) is 40.1. The predicted octanol–water partition coefficient (Wildman–Crippen LogP) is 2.02. The molecule has 0 radical (unpaired) electrons. The average molecular weight is 382 g/mol. The second kappa shape index (κ2) is 11.1. The van der Waals surface area contributed by atoms with Crippen LogP contribution in [0, 0.1) is 0 Å². The Morgan fingerprint density at radius 1 is 1.26 bits per heavy atom. The Morgan fingerprint density at radius 2 is 1.93 bits per heavy atom. The first-order chi connectivity index (χ1) is 12.7. The van der Waals surface area contributed by atoms with E-state index in [0.717, 1.165) is 32.2 Å². The number of piperidine rings is 1. The van der Waals surface area contributed by atoms with E-state index >= 15 is 0 Å². The fraction of sp³-hybridized carbons (Fsp3) is 0.750. The van der Waals surface area contributed by atoms with Gasteiger partial charge in [0.05, 0.1) is 6.04 Å². The monoisotopic (exact) mass is 381 g/mol. The SMILES string of the molecule is CCC(NC(=O)[C@H]1CCCCN1C(C)CC)C(=O)N(C)C/C=C(\C)C(=O)O. The van der Waals surface area contributed by atoms with Crippen molar-refractivity contribution in [3.63, 3.8) is 0 Å². The molecule has 154 valence electrons. The van der Waals surface area contributed by atoms with Gasteiger partial charge in [-0.05, 0) is 46.1 Å². The van der Waals surface area contributed by atoms with Crippen molar-refractivity contribution in [1.82, 2.24) is 15.1 Å². The van der Waals surface area contributed by atoms with Gasteiger partial charge in [-0.1, -0.05) is 26.3 Å². The fourth-order valence-corrected chi connectivity index (χ4v) is 3.32. The highest BCUT2D eigenvalue weighted by atomic mass is 16.4. The van der Waals surface area contributed by atoms with Crippen LogP contribution in [0.15, 0.2) is 11.6 Å². The first-order valence-electron chi connectivity index (χ1n) is 9.93.